The number of tetrazole rings is 1. The topological polar surface area (TPSA) is 91.5 Å². The Hall–Kier alpha value is -3.23. The monoisotopic (exact) mass is 338 g/mol. The van der Waals surface area contributed by atoms with E-state index < -0.39 is 0 Å². The van der Waals surface area contributed by atoms with Crippen LogP contribution < -0.4 is 10.2 Å². The molecule has 9 nitrogen and oxygen atoms in total. The minimum atomic E-state index is 0.0614. The van der Waals surface area contributed by atoms with Crippen LogP contribution >= 0.6 is 0 Å². The summed E-state index contributed by atoms with van der Waals surface area (Å²) in [7, 11) is 0. The number of hydrogen-bond acceptors (Lipinski definition) is 7. The number of carbonyl (C=O) groups excluding carboxylic acids is 1. The normalized spacial score (nSPS) is 14.7. The lowest BCUT2D eigenvalue weighted by molar-refractivity contribution is -0.129. The number of benzene rings is 1. The predicted molar refractivity (Wildman–Crippen MR) is 92.3 cm³/mol. The Kier molecular flexibility index (Phi) is 4.11. The highest BCUT2D eigenvalue weighted by Crippen LogP contribution is 2.15. The van der Waals surface area contributed by atoms with Gasteiger partial charge >= 0.3 is 0 Å². The van der Waals surface area contributed by atoms with Gasteiger partial charge in [0.05, 0.1) is 6.54 Å². The lowest BCUT2D eigenvalue weighted by atomic mass is 10.2. The first-order chi connectivity index (χ1) is 12.3. The van der Waals surface area contributed by atoms with Crippen molar-refractivity contribution >= 4 is 23.1 Å². The standard InChI is InChI=1S/C16H18N8O/c25-16(12-17-14-6-7-15-18-20-21-24(15)19-14)23-10-8-22(9-11-23)13-4-2-1-3-5-13/h1-7H,8-12H2,(H,17,19). The molecule has 25 heavy (non-hydrogen) atoms. The van der Waals surface area contributed by atoms with Gasteiger partial charge in [-0.2, -0.15) is 0 Å². The zero-order valence-corrected chi connectivity index (χ0v) is 13.6. The number of fused-ring (bicyclic) bond motifs is 1. The summed E-state index contributed by atoms with van der Waals surface area (Å²) in [4.78, 5) is 16.6. The van der Waals surface area contributed by atoms with E-state index in [9.17, 15) is 4.79 Å². The summed E-state index contributed by atoms with van der Waals surface area (Å²) in [5, 5.41) is 18.3. The first-order valence-corrected chi connectivity index (χ1v) is 8.17. The Bertz CT molecular complexity index is 857. The average Bonchev–Trinajstić information content (AvgIpc) is 3.15. The second kappa shape index (κ2) is 6.71. The van der Waals surface area contributed by atoms with E-state index in [2.05, 4.69) is 43.0 Å². The average molecular weight is 338 g/mol. The molecule has 1 aliphatic heterocycles. The molecular formula is C16H18N8O. The molecule has 0 saturated carbocycles. The van der Waals surface area contributed by atoms with Crippen LogP contribution in [0.3, 0.4) is 0 Å². The second-order valence-corrected chi connectivity index (χ2v) is 5.80. The third-order valence-corrected chi connectivity index (χ3v) is 4.24. The van der Waals surface area contributed by atoms with Crippen LogP contribution in [0.2, 0.25) is 0 Å². The number of piperazine rings is 1. The molecule has 3 aromatic rings. The van der Waals surface area contributed by atoms with Crippen molar-refractivity contribution in [3.05, 3.63) is 42.5 Å². The summed E-state index contributed by atoms with van der Waals surface area (Å²) in [6.07, 6.45) is 0. The molecule has 1 saturated heterocycles. The van der Waals surface area contributed by atoms with Gasteiger partial charge in [-0.1, -0.05) is 18.2 Å². The number of nitrogens with zero attached hydrogens (tertiary/aromatic N) is 7. The van der Waals surface area contributed by atoms with Gasteiger partial charge in [-0.05, 0) is 34.7 Å². The Morgan fingerprint density at radius 2 is 1.84 bits per heavy atom. The summed E-state index contributed by atoms with van der Waals surface area (Å²) in [6, 6.07) is 13.8. The molecule has 9 heteroatoms. The minimum Gasteiger partial charge on any atom is -0.368 e. The largest absolute Gasteiger partial charge is 0.368 e. The molecule has 0 aliphatic carbocycles. The Morgan fingerprint density at radius 1 is 1.04 bits per heavy atom. The highest BCUT2D eigenvalue weighted by molar-refractivity contribution is 5.80. The number of amides is 1. The molecule has 1 aliphatic rings. The van der Waals surface area contributed by atoms with Crippen molar-refractivity contribution in [3.63, 3.8) is 0 Å². The fourth-order valence-electron chi connectivity index (χ4n) is 2.87. The summed E-state index contributed by atoms with van der Waals surface area (Å²) in [6.45, 7) is 3.31. The number of hydrogen-bond donors (Lipinski definition) is 1. The van der Waals surface area contributed by atoms with Crippen LogP contribution in [-0.2, 0) is 4.79 Å². The minimum absolute atomic E-state index is 0.0614. The van der Waals surface area contributed by atoms with Crippen LogP contribution in [0.15, 0.2) is 42.5 Å². The van der Waals surface area contributed by atoms with Crippen LogP contribution in [0, 0.1) is 0 Å². The van der Waals surface area contributed by atoms with Crippen LogP contribution in [-0.4, -0.2) is 68.8 Å². The molecule has 1 fully saturated rings. The van der Waals surface area contributed by atoms with E-state index in [1.165, 1.54) is 10.3 Å². The molecule has 1 aromatic carbocycles. The summed E-state index contributed by atoms with van der Waals surface area (Å²) < 4.78 is 1.32. The fraction of sp³-hybridized carbons (Fsp3) is 0.312. The van der Waals surface area contributed by atoms with E-state index in [1.54, 1.807) is 12.1 Å². The van der Waals surface area contributed by atoms with Gasteiger partial charge in [-0.3, -0.25) is 4.79 Å². The van der Waals surface area contributed by atoms with Gasteiger partial charge in [0.15, 0.2) is 5.65 Å². The van der Waals surface area contributed by atoms with Crippen molar-refractivity contribution in [3.8, 4) is 0 Å². The molecule has 0 unspecified atom stereocenters. The number of rotatable bonds is 4. The van der Waals surface area contributed by atoms with Crippen LogP contribution in [0.4, 0.5) is 11.5 Å². The quantitative estimate of drug-likeness (QED) is 0.730. The van der Waals surface area contributed by atoms with E-state index >= 15 is 0 Å². The first kappa shape index (κ1) is 15.3. The van der Waals surface area contributed by atoms with E-state index in [0.717, 1.165) is 26.2 Å². The van der Waals surface area contributed by atoms with Crippen molar-refractivity contribution in [2.45, 2.75) is 0 Å². The van der Waals surface area contributed by atoms with Crippen molar-refractivity contribution < 1.29 is 4.79 Å². The SMILES string of the molecule is O=C(CNc1ccc2nnnn2n1)N1CCN(c2ccccc2)CC1. The smallest absolute Gasteiger partial charge is 0.242 e. The predicted octanol–water partition coefficient (Wildman–Crippen LogP) is 0.280. The Morgan fingerprint density at radius 3 is 2.64 bits per heavy atom. The van der Waals surface area contributed by atoms with Crippen molar-refractivity contribution in [1.82, 2.24) is 30.2 Å². The molecule has 1 N–H and O–H groups in total. The molecule has 0 spiro atoms. The number of aromatic nitrogens is 5. The van der Waals surface area contributed by atoms with Crippen molar-refractivity contribution in [2.75, 3.05) is 42.9 Å². The van der Waals surface area contributed by atoms with E-state index in [-0.39, 0.29) is 12.5 Å². The maximum absolute atomic E-state index is 12.4. The number of carbonyl (C=O) groups is 1. The van der Waals surface area contributed by atoms with Crippen LogP contribution in [0.25, 0.3) is 5.65 Å². The van der Waals surface area contributed by atoms with Crippen molar-refractivity contribution in [1.29, 1.82) is 0 Å². The van der Waals surface area contributed by atoms with E-state index in [1.807, 2.05) is 23.1 Å². The van der Waals surface area contributed by atoms with Gasteiger partial charge in [0.2, 0.25) is 5.91 Å². The van der Waals surface area contributed by atoms with Gasteiger partial charge < -0.3 is 15.1 Å². The van der Waals surface area contributed by atoms with Gasteiger partial charge in [0.25, 0.3) is 0 Å². The third-order valence-electron chi connectivity index (χ3n) is 4.24. The van der Waals surface area contributed by atoms with Gasteiger partial charge in [0.1, 0.15) is 5.82 Å². The number of nitrogens with one attached hydrogen (secondary N) is 1. The highest BCUT2D eigenvalue weighted by atomic mass is 16.2. The summed E-state index contributed by atoms with van der Waals surface area (Å²) in [5.41, 5.74) is 1.76. The van der Waals surface area contributed by atoms with Gasteiger partial charge in [-0.15, -0.1) is 14.8 Å². The summed E-state index contributed by atoms with van der Waals surface area (Å²) in [5.74, 6) is 0.627. The lowest BCUT2D eigenvalue weighted by Crippen LogP contribution is -2.50. The Balaban J connectivity index is 1.30. The van der Waals surface area contributed by atoms with Gasteiger partial charge in [-0.25, -0.2) is 0 Å². The molecule has 3 heterocycles. The van der Waals surface area contributed by atoms with Crippen molar-refractivity contribution in [2.24, 2.45) is 0 Å². The van der Waals surface area contributed by atoms with Gasteiger partial charge in [0, 0.05) is 31.9 Å². The molecule has 0 atom stereocenters. The molecule has 128 valence electrons. The maximum atomic E-state index is 12.4. The van der Waals surface area contributed by atoms with E-state index in [0.29, 0.717) is 11.5 Å². The molecule has 0 radical (unpaired) electrons. The first-order valence-electron chi connectivity index (χ1n) is 8.17. The Labute approximate surface area is 144 Å². The molecule has 1 amide bonds. The van der Waals surface area contributed by atoms with Crippen LogP contribution in [0.1, 0.15) is 0 Å². The second-order valence-electron chi connectivity index (χ2n) is 5.80. The number of anilines is 2. The summed E-state index contributed by atoms with van der Waals surface area (Å²) >= 11 is 0. The zero-order valence-electron chi connectivity index (χ0n) is 13.6. The maximum Gasteiger partial charge on any atom is 0.242 e. The fourth-order valence-corrected chi connectivity index (χ4v) is 2.87. The molecule has 2 aromatic heterocycles. The third kappa shape index (κ3) is 3.35. The lowest BCUT2D eigenvalue weighted by Gasteiger charge is -2.36. The highest BCUT2D eigenvalue weighted by Gasteiger charge is 2.21. The molecule has 0 bridgehead atoms. The van der Waals surface area contributed by atoms with Crippen LogP contribution in [0.5, 0.6) is 0 Å². The number of para-hydroxylation sites is 1. The molecule has 4 rings (SSSR count). The van der Waals surface area contributed by atoms with E-state index in [4.69, 9.17) is 0 Å². The molecular weight excluding hydrogens is 320 g/mol. The zero-order chi connectivity index (χ0) is 17.1.